The van der Waals surface area contributed by atoms with Crippen LogP contribution in [-0.4, -0.2) is 62.6 Å². The molecule has 22 heavy (non-hydrogen) atoms. The summed E-state index contributed by atoms with van der Waals surface area (Å²) in [5.41, 5.74) is 1.01. The Labute approximate surface area is 150 Å². The van der Waals surface area contributed by atoms with E-state index in [0.717, 1.165) is 5.56 Å². The molecule has 0 fully saturated rings. The van der Waals surface area contributed by atoms with Gasteiger partial charge >= 0.3 is 0 Å². The molecule has 0 saturated carbocycles. The van der Waals surface area contributed by atoms with Crippen molar-refractivity contribution >= 4 is 46.7 Å². The highest BCUT2D eigenvalue weighted by Crippen LogP contribution is 2.22. The number of aliphatic hydroxyl groups is 4. The third-order valence-corrected chi connectivity index (χ3v) is 3.05. The van der Waals surface area contributed by atoms with Gasteiger partial charge in [0.1, 0.15) is 18.3 Å². The summed E-state index contributed by atoms with van der Waals surface area (Å²) in [6.45, 7) is -0.385. The van der Waals surface area contributed by atoms with Gasteiger partial charge in [-0.3, -0.25) is 9.98 Å². The quantitative estimate of drug-likeness (QED) is 0.415. The lowest BCUT2D eigenvalue weighted by atomic mass is 9.88. The van der Waals surface area contributed by atoms with Crippen molar-refractivity contribution in [2.75, 3.05) is 6.61 Å². The monoisotopic (exact) mass is 366 g/mol. The molecule has 1 aromatic rings. The minimum Gasteiger partial charge on any atom is -0.392 e. The van der Waals surface area contributed by atoms with Crippen molar-refractivity contribution in [1.82, 2.24) is 4.98 Å². The molecule has 0 saturated heterocycles. The van der Waals surface area contributed by atoms with Gasteiger partial charge in [0.05, 0.1) is 12.6 Å². The van der Waals surface area contributed by atoms with Gasteiger partial charge in [-0.05, 0) is 11.6 Å². The van der Waals surface area contributed by atoms with Gasteiger partial charge < -0.3 is 20.4 Å². The maximum absolute atomic E-state index is 9.83. The SMILES string of the molecule is OCC1=C[C@H](N=Cc2cccnc2)[C@H](O)C(O)[C@@H]1O.S.S.S. The van der Waals surface area contributed by atoms with Crippen LogP contribution in [0, 0.1) is 0 Å². The van der Waals surface area contributed by atoms with Crippen LogP contribution in [0.2, 0.25) is 0 Å². The lowest BCUT2D eigenvalue weighted by molar-refractivity contribution is -0.0592. The minimum absolute atomic E-state index is 0. The number of aromatic nitrogens is 1. The highest BCUT2D eigenvalue weighted by molar-refractivity contribution is 7.59. The van der Waals surface area contributed by atoms with Crippen molar-refractivity contribution in [3.05, 3.63) is 41.7 Å². The van der Waals surface area contributed by atoms with E-state index in [4.69, 9.17) is 5.11 Å². The molecule has 0 radical (unpaired) electrons. The summed E-state index contributed by atoms with van der Waals surface area (Å²) in [6, 6.07) is 2.85. The molecular formula is C13H22N2O4S3. The molecule has 1 unspecified atom stereocenters. The van der Waals surface area contributed by atoms with Gasteiger partial charge in [-0.1, -0.05) is 12.1 Å². The van der Waals surface area contributed by atoms with E-state index in [9.17, 15) is 15.3 Å². The fourth-order valence-electron chi connectivity index (χ4n) is 1.93. The molecule has 0 aliphatic heterocycles. The predicted octanol–water partition coefficient (Wildman–Crippen LogP) is -0.778. The number of hydrogen-bond acceptors (Lipinski definition) is 6. The molecule has 1 heterocycles. The smallest absolute Gasteiger partial charge is 0.112 e. The molecule has 1 aromatic heterocycles. The van der Waals surface area contributed by atoms with E-state index in [1.807, 2.05) is 0 Å². The summed E-state index contributed by atoms with van der Waals surface area (Å²) in [7, 11) is 0. The van der Waals surface area contributed by atoms with Gasteiger partial charge in [0.15, 0.2) is 0 Å². The van der Waals surface area contributed by atoms with Crippen LogP contribution in [0.3, 0.4) is 0 Å². The fraction of sp³-hybridized carbons (Fsp3) is 0.385. The largest absolute Gasteiger partial charge is 0.392 e. The summed E-state index contributed by atoms with van der Waals surface area (Å²) in [6.07, 6.45) is 2.41. The van der Waals surface area contributed by atoms with Gasteiger partial charge in [-0.2, -0.15) is 40.5 Å². The number of rotatable bonds is 3. The highest BCUT2D eigenvalue weighted by atomic mass is 32.1. The van der Waals surface area contributed by atoms with Gasteiger partial charge in [-0.25, -0.2) is 0 Å². The van der Waals surface area contributed by atoms with E-state index in [-0.39, 0.29) is 52.7 Å². The van der Waals surface area contributed by atoms with E-state index in [1.165, 1.54) is 12.3 Å². The Morgan fingerprint density at radius 1 is 1.14 bits per heavy atom. The zero-order valence-electron chi connectivity index (χ0n) is 11.7. The molecule has 0 bridgehead atoms. The molecule has 4 N–H and O–H groups in total. The molecule has 0 amide bonds. The molecule has 4 atom stereocenters. The number of hydrogen-bond donors (Lipinski definition) is 4. The molecule has 1 aliphatic carbocycles. The van der Waals surface area contributed by atoms with Crippen LogP contribution >= 0.6 is 40.5 Å². The van der Waals surface area contributed by atoms with Crippen LogP contribution < -0.4 is 0 Å². The number of aliphatic hydroxyl groups excluding tert-OH is 4. The molecule has 2 rings (SSSR count). The Bertz CT molecular complexity index is 487. The lowest BCUT2D eigenvalue weighted by Crippen LogP contribution is -2.48. The predicted molar refractivity (Wildman–Crippen MR) is 100.0 cm³/mol. The maximum Gasteiger partial charge on any atom is 0.112 e. The summed E-state index contributed by atoms with van der Waals surface area (Å²) < 4.78 is 0. The molecule has 9 heteroatoms. The Kier molecular flexibility index (Phi) is 11.9. The van der Waals surface area contributed by atoms with Crippen molar-refractivity contribution in [2.45, 2.75) is 24.4 Å². The first kappa shape index (κ1) is 23.7. The first-order valence-electron chi connectivity index (χ1n) is 5.92. The lowest BCUT2D eigenvalue weighted by Gasteiger charge is -2.32. The van der Waals surface area contributed by atoms with Crippen molar-refractivity contribution in [3.63, 3.8) is 0 Å². The number of aliphatic imine (C=N–C) groups is 1. The first-order chi connectivity index (χ1) is 9.13. The Hall–Kier alpha value is -0.550. The Morgan fingerprint density at radius 2 is 1.82 bits per heavy atom. The molecule has 0 aromatic carbocycles. The minimum atomic E-state index is -1.36. The van der Waals surface area contributed by atoms with Gasteiger partial charge in [0.2, 0.25) is 0 Å². The molecule has 0 spiro atoms. The average molecular weight is 367 g/mol. The highest BCUT2D eigenvalue weighted by Gasteiger charge is 2.36. The third kappa shape index (κ3) is 5.58. The Balaban J connectivity index is 0. The summed E-state index contributed by atoms with van der Waals surface area (Å²) in [4.78, 5) is 8.07. The zero-order valence-corrected chi connectivity index (χ0v) is 14.7. The Morgan fingerprint density at radius 3 is 2.36 bits per heavy atom. The second kappa shape index (κ2) is 11.1. The van der Waals surface area contributed by atoms with Crippen LogP contribution in [0.15, 0.2) is 41.2 Å². The summed E-state index contributed by atoms with van der Waals surface area (Å²) in [5.74, 6) is 0. The topological polar surface area (TPSA) is 106 Å². The number of nitrogens with zero attached hydrogens (tertiary/aromatic N) is 2. The maximum atomic E-state index is 9.83. The van der Waals surface area contributed by atoms with Gasteiger partial charge in [0.25, 0.3) is 0 Å². The van der Waals surface area contributed by atoms with Crippen LogP contribution in [0.5, 0.6) is 0 Å². The van der Waals surface area contributed by atoms with E-state index in [2.05, 4.69) is 9.98 Å². The molecule has 1 aliphatic rings. The fourth-order valence-corrected chi connectivity index (χ4v) is 1.93. The van der Waals surface area contributed by atoms with Crippen molar-refractivity contribution < 1.29 is 20.4 Å². The van der Waals surface area contributed by atoms with Gasteiger partial charge in [0, 0.05) is 24.2 Å². The average Bonchev–Trinajstić information content (AvgIpc) is 2.45. The van der Waals surface area contributed by atoms with Crippen LogP contribution in [-0.2, 0) is 0 Å². The standard InChI is InChI=1S/C13H16N2O4.3H2S/c16-7-9-4-10(12(18)13(19)11(9)17)15-6-8-2-1-3-14-5-8;;;/h1-6,10-13,16-19H,7H2;3*1H2/t10-,11+,12-,13?;;;/m0.../s1. The van der Waals surface area contributed by atoms with Crippen molar-refractivity contribution in [2.24, 2.45) is 4.99 Å². The van der Waals surface area contributed by atoms with Crippen molar-refractivity contribution in [3.8, 4) is 0 Å². The van der Waals surface area contributed by atoms with Crippen LogP contribution in [0.1, 0.15) is 5.56 Å². The first-order valence-corrected chi connectivity index (χ1v) is 5.92. The normalized spacial score (nSPS) is 27.2. The third-order valence-electron chi connectivity index (χ3n) is 3.05. The zero-order chi connectivity index (χ0) is 13.8. The van der Waals surface area contributed by atoms with Crippen LogP contribution in [0.25, 0.3) is 0 Å². The molecular weight excluding hydrogens is 344 g/mol. The molecule has 6 nitrogen and oxygen atoms in total. The summed E-state index contributed by atoms with van der Waals surface area (Å²) in [5, 5.41) is 38.2. The number of pyridine rings is 1. The molecule has 126 valence electrons. The van der Waals surface area contributed by atoms with E-state index >= 15 is 0 Å². The van der Waals surface area contributed by atoms with E-state index in [1.54, 1.807) is 24.5 Å². The van der Waals surface area contributed by atoms with Crippen molar-refractivity contribution in [1.29, 1.82) is 0 Å². The van der Waals surface area contributed by atoms with Gasteiger partial charge in [-0.15, -0.1) is 0 Å². The second-order valence-electron chi connectivity index (χ2n) is 4.38. The second-order valence-corrected chi connectivity index (χ2v) is 4.38. The van der Waals surface area contributed by atoms with E-state index < -0.39 is 24.4 Å². The van der Waals surface area contributed by atoms with Crippen LogP contribution in [0.4, 0.5) is 0 Å². The summed E-state index contributed by atoms with van der Waals surface area (Å²) >= 11 is 0. The van der Waals surface area contributed by atoms with E-state index in [0.29, 0.717) is 0 Å².